The molecule has 2 aliphatic carbocycles. The van der Waals surface area contributed by atoms with E-state index in [-0.39, 0.29) is 0 Å². The molecule has 0 heteroatoms. The highest BCUT2D eigenvalue weighted by Gasteiger charge is 2.34. The highest BCUT2D eigenvalue weighted by atomic mass is 14.4. The minimum atomic E-state index is 0.931. The van der Waals surface area contributed by atoms with E-state index in [1.165, 1.54) is 25.7 Å². The number of unbranched alkanes of at least 4 members (excludes halogenated alkanes) is 1. The third-order valence-corrected chi connectivity index (χ3v) is 2.70. The minimum Gasteiger partial charge on any atom is -0.0805 e. The van der Waals surface area contributed by atoms with Gasteiger partial charge < -0.3 is 0 Å². The first-order valence-corrected chi connectivity index (χ1v) is 5.79. The van der Waals surface area contributed by atoms with Gasteiger partial charge in [-0.05, 0) is 31.1 Å². The Morgan fingerprint density at radius 3 is 2.69 bits per heavy atom. The molecule has 0 bridgehead atoms. The van der Waals surface area contributed by atoms with Gasteiger partial charge in [-0.15, -0.1) is 0 Å². The predicted octanol–water partition coefficient (Wildman–Crippen LogP) is 4.34. The molecule has 0 N–H and O–H groups in total. The van der Waals surface area contributed by atoms with Crippen molar-refractivity contribution in [1.29, 1.82) is 0 Å². The summed E-state index contributed by atoms with van der Waals surface area (Å²) in [6.45, 7) is 6.26. The standard InChI is InChI=1S/C11H16.C2H6/c1-2-3-4-9-5-6-10-8-11(10)7-9;1-2/h5-7,10-11H,2-4,8H2,1H3;1-2H3. The summed E-state index contributed by atoms with van der Waals surface area (Å²) in [5.41, 5.74) is 1.59. The number of fused-ring (bicyclic) bond motifs is 1. The first kappa shape index (κ1) is 10.6. The molecule has 0 spiro atoms. The fraction of sp³-hybridized carbons (Fsp3) is 0.692. The van der Waals surface area contributed by atoms with E-state index in [0.29, 0.717) is 0 Å². The smallest absolute Gasteiger partial charge is 0.0159 e. The van der Waals surface area contributed by atoms with Gasteiger partial charge in [-0.1, -0.05) is 51.0 Å². The normalized spacial score (nSPS) is 28.4. The van der Waals surface area contributed by atoms with Crippen LogP contribution in [0.25, 0.3) is 0 Å². The van der Waals surface area contributed by atoms with E-state index in [1.807, 2.05) is 13.8 Å². The van der Waals surface area contributed by atoms with Crippen molar-refractivity contribution >= 4 is 0 Å². The number of hydrogen-bond donors (Lipinski definition) is 0. The topological polar surface area (TPSA) is 0 Å². The van der Waals surface area contributed by atoms with Gasteiger partial charge in [0.1, 0.15) is 0 Å². The quantitative estimate of drug-likeness (QED) is 0.603. The molecule has 2 aliphatic rings. The highest BCUT2D eigenvalue weighted by Crippen LogP contribution is 2.44. The number of rotatable bonds is 3. The molecule has 1 saturated carbocycles. The molecule has 0 aromatic carbocycles. The Morgan fingerprint density at radius 2 is 2.08 bits per heavy atom. The van der Waals surface area contributed by atoms with Crippen LogP contribution in [-0.4, -0.2) is 0 Å². The summed E-state index contributed by atoms with van der Waals surface area (Å²) in [6.07, 6.45) is 12.6. The van der Waals surface area contributed by atoms with Gasteiger partial charge >= 0.3 is 0 Å². The van der Waals surface area contributed by atoms with E-state index in [2.05, 4.69) is 25.2 Å². The molecule has 2 rings (SSSR count). The summed E-state index contributed by atoms with van der Waals surface area (Å²) in [6, 6.07) is 0. The monoisotopic (exact) mass is 178 g/mol. The summed E-state index contributed by atoms with van der Waals surface area (Å²) in [5.74, 6) is 1.87. The lowest BCUT2D eigenvalue weighted by molar-refractivity contribution is 0.785. The van der Waals surface area contributed by atoms with Crippen LogP contribution in [-0.2, 0) is 0 Å². The lowest BCUT2D eigenvalue weighted by atomic mass is 10.0. The third kappa shape index (κ3) is 3.02. The van der Waals surface area contributed by atoms with Gasteiger partial charge in [-0.25, -0.2) is 0 Å². The molecule has 74 valence electrons. The first-order chi connectivity index (χ1) is 6.40. The van der Waals surface area contributed by atoms with Crippen LogP contribution in [0.1, 0.15) is 46.5 Å². The Balaban J connectivity index is 0.000000396. The first-order valence-electron chi connectivity index (χ1n) is 5.79. The summed E-state index contributed by atoms with van der Waals surface area (Å²) < 4.78 is 0. The SMILES string of the molecule is CC.CCCCC1=CC2CC2C=C1. The van der Waals surface area contributed by atoms with E-state index in [0.717, 1.165) is 11.8 Å². The molecule has 2 unspecified atom stereocenters. The second-order valence-electron chi connectivity index (χ2n) is 3.77. The van der Waals surface area contributed by atoms with Crippen LogP contribution in [0.15, 0.2) is 23.8 Å². The zero-order valence-corrected chi connectivity index (χ0v) is 9.22. The van der Waals surface area contributed by atoms with Crippen molar-refractivity contribution in [3.63, 3.8) is 0 Å². The fourth-order valence-electron chi connectivity index (χ4n) is 1.77. The Bertz CT molecular complexity index is 198. The molecule has 0 aromatic rings. The Morgan fingerprint density at radius 1 is 1.31 bits per heavy atom. The van der Waals surface area contributed by atoms with E-state index in [1.54, 1.807) is 5.57 Å². The maximum atomic E-state index is 2.49. The average molecular weight is 178 g/mol. The molecule has 0 aromatic heterocycles. The Labute approximate surface area is 82.7 Å². The van der Waals surface area contributed by atoms with E-state index in [9.17, 15) is 0 Å². The van der Waals surface area contributed by atoms with Crippen molar-refractivity contribution in [2.24, 2.45) is 11.8 Å². The molecular weight excluding hydrogens is 156 g/mol. The summed E-state index contributed by atoms with van der Waals surface area (Å²) in [7, 11) is 0. The van der Waals surface area contributed by atoms with Gasteiger partial charge in [0.25, 0.3) is 0 Å². The van der Waals surface area contributed by atoms with Gasteiger partial charge in [0.05, 0.1) is 0 Å². The summed E-state index contributed by atoms with van der Waals surface area (Å²) >= 11 is 0. The largest absolute Gasteiger partial charge is 0.0805 e. The molecule has 0 heterocycles. The van der Waals surface area contributed by atoms with Gasteiger partial charge in [-0.2, -0.15) is 0 Å². The number of hydrogen-bond acceptors (Lipinski definition) is 0. The van der Waals surface area contributed by atoms with Gasteiger partial charge in [0, 0.05) is 0 Å². The van der Waals surface area contributed by atoms with Crippen molar-refractivity contribution in [2.45, 2.75) is 46.5 Å². The minimum absolute atomic E-state index is 0.931. The maximum Gasteiger partial charge on any atom is -0.0159 e. The summed E-state index contributed by atoms with van der Waals surface area (Å²) in [4.78, 5) is 0. The second-order valence-corrected chi connectivity index (χ2v) is 3.77. The van der Waals surface area contributed by atoms with Crippen molar-refractivity contribution in [3.05, 3.63) is 23.8 Å². The van der Waals surface area contributed by atoms with Gasteiger partial charge in [-0.3, -0.25) is 0 Å². The predicted molar refractivity (Wildman–Crippen MR) is 59.7 cm³/mol. The molecule has 1 fully saturated rings. The lowest BCUT2D eigenvalue weighted by Crippen LogP contribution is -1.87. The van der Waals surface area contributed by atoms with Crippen molar-refractivity contribution in [3.8, 4) is 0 Å². The fourth-order valence-corrected chi connectivity index (χ4v) is 1.77. The van der Waals surface area contributed by atoms with Crippen LogP contribution < -0.4 is 0 Å². The van der Waals surface area contributed by atoms with E-state index < -0.39 is 0 Å². The van der Waals surface area contributed by atoms with Gasteiger partial charge in [0.15, 0.2) is 0 Å². The molecule has 0 amide bonds. The van der Waals surface area contributed by atoms with E-state index in [4.69, 9.17) is 0 Å². The van der Waals surface area contributed by atoms with Crippen LogP contribution in [0.4, 0.5) is 0 Å². The average Bonchev–Trinajstić information content (AvgIpc) is 2.96. The van der Waals surface area contributed by atoms with Crippen LogP contribution in [0.2, 0.25) is 0 Å². The summed E-state index contributed by atoms with van der Waals surface area (Å²) in [5, 5.41) is 0. The molecule has 0 saturated heterocycles. The zero-order chi connectivity index (χ0) is 9.68. The maximum absolute atomic E-state index is 2.49. The Kier molecular flexibility index (Phi) is 4.27. The lowest BCUT2D eigenvalue weighted by Gasteiger charge is -2.04. The van der Waals surface area contributed by atoms with Crippen molar-refractivity contribution < 1.29 is 0 Å². The third-order valence-electron chi connectivity index (χ3n) is 2.70. The molecule has 0 nitrogen and oxygen atoms in total. The van der Waals surface area contributed by atoms with Crippen LogP contribution in [0.3, 0.4) is 0 Å². The zero-order valence-electron chi connectivity index (χ0n) is 9.22. The van der Waals surface area contributed by atoms with Gasteiger partial charge in [0.2, 0.25) is 0 Å². The molecule has 2 atom stereocenters. The van der Waals surface area contributed by atoms with Crippen LogP contribution in [0.5, 0.6) is 0 Å². The van der Waals surface area contributed by atoms with Crippen molar-refractivity contribution in [1.82, 2.24) is 0 Å². The Hall–Kier alpha value is -0.520. The molecule has 13 heavy (non-hydrogen) atoms. The highest BCUT2D eigenvalue weighted by molar-refractivity contribution is 5.30. The van der Waals surface area contributed by atoms with Crippen LogP contribution >= 0.6 is 0 Å². The van der Waals surface area contributed by atoms with E-state index >= 15 is 0 Å². The molecule has 0 radical (unpaired) electrons. The van der Waals surface area contributed by atoms with Crippen LogP contribution in [0, 0.1) is 11.8 Å². The second kappa shape index (κ2) is 5.26. The number of allylic oxidation sites excluding steroid dienone is 4. The molecule has 0 aliphatic heterocycles. The van der Waals surface area contributed by atoms with Crippen molar-refractivity contribution in [2.75, 3.05) is 0 Å². The molecular formula is C13H22.